The Labute approximate surface area is 170 Å². The molecule has 0 spiro atoms. The van der Waals surface area contributed by atoms with Gasteiger partial charge in [0.1, 0.15) is 23.2 Å². The summed E-state index contributed by atoms with van der Waals surface area (Å²) < 4.78 is 5.74. The van der Waals surface area contributed by atoms with Gasteiger partial charge in [0, 0.05) is 6.42 Å². The number of benzene rings is 1. The topological polar surface area (TPSA) is 128 Å². The summed E-state index contributed by atoms with van der Waals surface area (Å²) in [6.45, 7) is 0.813. The Morgan fingerprint density at radius 2 is 1.83 bits per heavy atom. The van der Waals surface area contributed by atoms with Gasteiger partial charge < -0.3 is 29.9 Å². The number of nitrogens with zero attached hydrogens (tertiary/aromatic N) is 1. The highest BCUT2D eigenvalue weighted by Gasteiger charge is 2.34. The second kappa shape index (κ2) is 9.50. The average molecular weight is 405 g/mol. The van der Waals surface area contributed by atoms with Gasteiger partial charge in [0.2, 0.25) is 5.91 Å². The number of rotatable bonds is 8. The largest absolute Gasteiger partial charge is 0.507 e. The number of carbonyl (C=O) groups is 2. The van der Waals surface area contributed by atoms with Gasteiger partial charge in [-0.2, -0.15) is 0 Å². The second-order valence-corrected chi connectivity index (χ2v) is 8.02. The van der Waals surface area contributed by atoms with Crippen LogP contribution in [0.4, 0.5) is 0 Å². The van der Waals surface area contributed by atoms with E-state index in [0.717, 1.165) is 12.8 Å². The Morgan fingerprint density at radius 3 is 2.45 bits per heavy atom. The minimum atomic E-state index is -1.54. The van der Waals surface area contributed by atoms with E-state index in [4.69, 9.17) is 14.8 Å². The van der Waals surface area contributed by atoms with Crippen molar-refractivity contribution < 1.29 is 34.6 Å². The maximum atomic E-state index is 12.4. The van der Waals surface area contributed by atoms with Crippen molar-refractivity contribution in [1.29, 1.82) is 0 Å². The summed E-state index contributed by atoms with van der Waals surface area (Å²) >= 11 is 0. The van der Waals surface area contributed by atoms with Gasteiger partial charge in [-0.1, -0.05) is 25.3 Å². The first-order valence-electron chi connectivity index (χ1n) is 10.2. The molecule has 3 rings (SSSR count). The lowest BCUT2D eigenvalue weighted by Gasteiger charge is -2.40. The van der Waals surface area contributed by atoms with E-state index >= 15 is 0 Å². The number of likely N-dealkylation sites (tertiary alicyclic amines) is 1. The summed E-state index contributed by atoms with van der Waals surface area (Å²) in [5, 5.41) is 37.7. The van der Waals surface area contributed by atoms with Crippen molar-refractivity contribution in [3.63, 3.8) is 0 Å². The molecular formula is C20H28BNO7. The van der Waals surface area contributed by atoms with Gasteiger partial charge in [-0.05, 0) is 43.1 Å². The Bertz CT molecular complexity index is 743. The van der Waals surface area contributed by atoms with Crippen LogP contribution in [0.25, 0.3) is 0 Å². The Morgan fingerprint density at radius 1 is 1.14 bits per heavy atom. The van der Waals surface area contributed by atoms with Crippen LogP contribution in [0.2, 0.25) is 6.32 Å². The number of carbonyl (C=O) groups excluding carboxylic acids is 1. The van der Waals surface area contributed by atoms with Gasteiger partial charge in [-0.15, -0.1) is 0 Å². The smallest absolute Gasteiger partial charge is 0.451 e. The molecule has 1 saturated heterocycles. The molecule has 9 heteroatoms. The first-order valence-corrected chi connectivity index (χ1v) is 10.2. The van der Waals surface area contributed by atoms with E-state index in [0.29, 0.717) is 31.0 Å². The van der Waals surface area contributed by atoms with Gasteiger partial charge in [-0.3, -0.25) is 4.79 Å². The second-order valence-electron chi connectivity index (χ2n) is 8.02. The summed E-state index contributed by atoms with van der Waals surface area (Å²) in [5.41, 5.74) is -0.0392. The van der Waals surface area contributed by atoms with Crippen molar-refractivity contribution in [2.24, 2.45) is 5.92 Å². The van der Waals surface area contributed by atoms with E-state index in [1.807, 2.05) is 0 Å². The van der Waals surface area contributed by atoms with Crippen molar-refractivity contribution in [2.45, 2.75) is 57.4 Å². The number of ether oxygens (including phenoxy) is 1. The third-order valence-corrected chi connectivity index (χ3v) is 5.79. The van der Waals surface area contributed by atoms with Gasteiger partial charge in [-0.25, -0.2) is 4.79 Å². The lowest BCUT2D eigenvalue weighted by Crippen LogP contribution is -2.56. The minimum Gasteiger partial charge on any atom is -0.507 e. The zero-order chi connectivity index (χ0) is 21.0. The average Bonchev–Trinajstić information content (AvgIpc) is 2.63. The lowest BCUT2D eigenvalue weighted by molar-refractivity contribution is -0.141. The first kappa shape index (κ1) is 21.5. The van der Waals surface area contributed by atoms with E-state index in [1.165, 1.54) is 31.4 Å². The number of aromatic hydroxyl groups is 1. The van der Waals surface area contributed by atoms with Gasteiger partial charge in [0.25, 0.3) is 0 Å². The fourth-order valence-corrected chi connectivity index (χ4v) is 4.07. The van der Waals surface area contributed by atoms with Crippen molar-refractivity contribution >= 4 is 19.0 Å². The lowest BCUT2D eigenvalue weighted by atomic mass is 9.82. The summed E-state index contributed by atoms with van der Waals surface area (Å²) in [4.78, 5) is 25.7. The fourth-order valence-electron chi connectivity index (χ4n) is 4.07. The number of carboxylic acids is 1. The zero-order valence-corrected chi connectivity index (χ0v) is 16.4. The monoisotopic (exact) mass is 405 g/mol. The third kappa shape index (κ3) is 5.42. The van der Waals surface area contributed by atoms with Gasteiger partial charge in [0.15, 0.2) is 0 Å². The molecule has 4 N–H and O–H groups in total. The standard InChI is InChI=1S/C20H28BNO7/c23-17(10-13-4-2-1-3-5-13)22-11-15(12-22)29-16-7-6-14(8-9-21(27)28)19(24)18(16)20(25)26/h6-7,13,15,24,27-28H,1-5,8-12H2,(H,25,26). The Hall–Kier alpha value is -2.26. The van der Waals surface area contributed by atoms with E-state index < -0.39 is 18.8 Å². The summed E-state index contributed by atoms with van der Waals surface area (Å²) in [6.07, 6.45) is 6.22. The van der Waals surface area contributed by atoms with Crippen LogP contribution < -0.4 is 4.74 Å². The third-order valence-electron chi connectivity index (χ3n) is 5.79. The molecule has 1 amide bonds. The first-order chi connectivity index (χ1) is 13.8. The predicted molar refractivity (Wildman–Crippen MR) is 106 cm³/mol. The van der Waals surface area contributed by atoms with Crippen LogP contribution in [-0.4, -0.2) is 63.3 Å². The molecule has 8 nitrogen and oxygen atoms in total. The number of aromatic carboxylic acids is 1. The van der Waals surface area contributed by atoms with Gasteiger partial charge >= 0.3 is 13.1 Å². The molecule has 1 heterocycles. The van der Waals surface area contributed by atoms with Crippen LogP contribution in [0.3, 0.4) is 0 Å². The molecule has 1 aliphatic carbocycles. The SMILES string of the molecule is O=C(O)c1c(OC2CN(C(=O)CC3CCCCC3)C2)ccc(CCB(O)O)c1O. The van der Waals surface area contributed by atoms with Crippen molar-refractivity contribution in [1.82, 2.24) is 4.90 Å². The molecule has 158 valence electrons. The molecule has 2 fully saturated rings. The quantitative estimate of drug-likeness (QED) is 0.485. The Kier molecular flexibility index (Phi) is 7.02. The number of phenols is 1. The molecule has 1 saturated carbocycles. The minimum absolute atomic E-state index is 0.0203. The number of hydrogen-bond acceptors (Lipinski definition) is 6. The van der Waals surface area contributed by atoms with E-state index in [2.05, 4.69) is 0 Å². The molecule has 0 bridgehead atoms. The van der Waals surface area contributed by atoms with Crippen LogP contribution in [0.1, 0.15) is 54.4 Å². The number of amides is 1. The highest BCUT2D eigenvalue weighted by atomic mass is 16.5. The fraction of sp³-hybridized carbons (Fsp3) is 0.600. The number of hydrogen-bond donors (Lipinski definition) is 4. The molecule has 0 atom stereocenters. The van der Waals surface area contributed by atoms with Crippen LogP contribution in [-0.2, 0) is 11.2 Å². The molecule has 0 radical (unpaired) electrons. The van der Waals surface area contributed by atoms with Crippen LogP contribution >= 0.6 is 0 Å². The molecule has 2 aliphatic rings. The highest BCUT2D eigenvalue weighted by Crippen LogP contribution is 2.34. The highest BCUT2D eigenvalue weighted by molar-refractivity contribution is 6.41. The maximum Gasteiger partial charge on any atom is 0.451 e. The van der Waals surface area contributed by atoms with E-state index in [1.54, 1.807) is 4.90 Å². The summed E-state index contributed by atoms with van der Waals surface area (Å²) in [5.74, 6) is -1.12. The predicted octanol–water partition coefficient (Wildman–Crippen LogP) is 1.67. The van der Waals surface area contributed by atoms with Crippen LogP contribution in [0.5, 0.6) is 11.5 Å². The van der Waals surface area contributed by atoms with E-state index in [9.17, 15) is 19.8 Å². The molecule has 1 aromatic carbocycles. The molecule has 1 aliphatic heterocycles. The van der Waals surface area contributed by atoms with Crippen molar-refractivity contribution in [3.05, 3.63) is 23.3 Å². The maximum absolute atomic E-state index is 12.4. The molecule has 1 aromatic rings. The van der Waals surface area contributed by atoms with Gasteiger partial charge in [0.05, 0.1) is 13.1 Å². The van der Waals surface area contributed by atoms with Crippen LogP contribution in [0.15, 0.2) is 12.1 Å². The normalized spacial score (nSPS) is 17.7. The van der Waals surface area contributed by atoms with Crippen LogP contribution in [0, 0.1) is 5.92 Å². The summed E-state index contributed by atoms with van der Waals surface area (Å²) in [7, 11) is -1.54. The Balaban J connectivity index is 1.57. The molecular weight excluding hydrogens is 377 g/mol. The molecule has 29 heavy (non-hydrogen) atoms. The van der Waals surface area contributed by atoms with E-state index in [-0.39, 0.29) is 36.1 Å². The van der Waals surface area contributed by atoms with Crippen molar-refractivity contribution in [3.8, 4) is 11.5 Å². The zero-order valence-electron chi connectivity index (χ0n) is 16.4. The van der Waals surface area contributed by atoms with Crippen molar-refractivity contribution in [2.75, 3.05) is 13.1 Å². The molecule has 0 aromatic heterocycles. The summed E-state index contributed by atoms with van der Waals surface area (Å²) in [6, 6.07) is 2.99. The number of aryl methyl sites for hydroxylation is 1. The number of carboxylic acid groups (broad SMARTS) is 1. The molecule has 0 unspecified atom stereocenters.